The molecule has 4 aromatic rings. The van der Waals surface area contributed by atoms with Gasteiger partial charge in [-0.2, -0.15) is 0 Å². The highest BCUT2D eigenvalue weighted by Gasteiger charge is 2.56. The van der Waals surface area contributed by atoms with Gasteiger partial charge in [-0.1, -0.05) is 143 Å². The predicted octanol–water partition coefficient (Wildman–Crippen LogP) is 12.5. The second kappa shape index (κ2) is 11.7. The first-order chi connectivity index (χ1) is 23.0. The van der Waals surface area contributed by atoms with Crippen molar-refractivity contribution in [3.8, 4) is 11.1 Å². The number of rotatable bonds is 5. The molecule has 2 fully saturated rings. The summed E-state index contributed by atoms with van der Waals surface area (Å²) in [4.78, 5) is 0. The number of allylic oxidation sites excluding steroid dienone is 4. The fourth-order valence-corrected chi connectivity index (χ4v) is 16.6. The van der Waals surface area contributed by atoms with E-state index in [0.29, 0.717) is 23.3 Å². The van der Waals surface area contributed by atoms with Crippen LogP contribution in [0.4, 0.5) is 0 Å². The van der Waals surface area contributed by atoms with Crippen LogP contribution in [0.2, 0.25) is 18.6 Å². The lowest BCUT2D eigenvalue weighted by Crippen LogP contribution is -2.64. The van der Waals surface area contributed by atoms with Crippen LogP contribution in [0.3, 0.4) is 0 Å². The highest BCUT2D eigenvalue weighted by molar-refractivity contribution is 6.76. The molecule has 1 nitrogen and oxygen atoms in total. The van der Waals surface area contributed by atoms with Gasteiger partial charge in [0, 0.05) is 17.0 Å². The average Bonchev–Trinajstić information content (AvgIpc) is 3.56. The van der Waals surface area contributed by atoms with Gasteiger partial charge in [-0.05, 0) is 119 Å². The number of fused-ring (bicyclic) bond motifs is 5. The molecule has 248 valence electrons. The largest absolute Gasteiger partial charge is 0.316 e. The highest BCUT2D eigenvalue weighted by Crippen LogP contribution is 2.63. The predicted molar refractivity (Wildman–Crippen MR) is 209 cm³/mol. The van der Waals surface area contributed by atoms with E-state index in [1.165, 1.54) is 77.1 Å². The van der Waals surface area contributed by atoms with E-state index in [0.717, 1.165) is 6.04 Å². The minimum atomic E-state index is -1.90. The maximum Gasteiger partial charge on any atom is 0.126 e. The number of hydrogen-bond donors (Lipinski definition) is 0. The molecule has 2 saturated carbocycles. The molecule has 0 aliphatic heterocycles. The summed E-state index contributed by atoms with van der Waals surface area (Å²) >= 11 is 0. The summed E-state index contributed by atoms with van der Waals surface area (Å²) in [6.45, 7) is 18.0. The summed E-state index contributed by atoms with van der Waals surface area (Å²) in [5.41, 5.74) is 11.1. The van der Waals surface area contributed by atoms with Crippen molar-refractivity contribution in [3.05, 3.63) is 125 Å². The van der Waals surface area contributed by atoms with Gasteiger partial charge in [-0.3, -0.25) is 0 Å². The summed E-state index contributed by atoms with van der Waals surface area (Å²) in [6.07, 6.45) is 13.9. The minimum absolute atomic E-state index is 0.0292. The zero-order valence-corrected chi connectivity index (χ0v) is 31.4. The molecule has 48 heavy (non-hydrogen) atoms. The third-order valence-electron chi connectivity index (χ3n) is 13.1. The maximum atomic E-state index is 3.13. The zero-order valence-electron chi connectivity index (χ0n) is 30.4. The molecule has 4 aromatic carbocycles. The first-order valence-electron chi connectivity index (χ1n) is 18.9. The molecule has 0 radical (unpaired) electrons. The van der Waals surface area contributed by atoms with Crippen LogP contribution in [-0.2, 0) is 5.41 Å². The van der Waals surface area contributed by atoms with Gasteiger partial charge in [0.2, 0.25) is 0 Å². The van der Waals surface area contributed by atoms with Crippen LogP contribution in [0.5, 0.6) is 0 Å². The van der Waals surface area contributed by atoms with E-state index in [4.69, 9.17) is 0 Å². The summed E-state index contributed by atoms with van der Waals surface area (Å²) in [6, 6.07) is 35.3. The van der Waals surface area contributed by atoms with E-state index < -0.39 is 8.24 Å². The van der Waals surface area contributed by atoms with Crippen LogP contribution in [-0.4, -0.2) is 24.4 Å². The molecule has 0 saturated heterocycles. The van der Waals surface area contributed by atoms with E-state index in [9.17, 15) is 0 Å². The van der Waals surface area contributed by atoms with E-state index in [-0.39, 0.29) is 11.0 Å². The number of benzene rings is 4. The van der Waals surface area contributed by atoms with E-state index in [2.05, 4.69) is 155 Å². The Balaban J connectivity index is 1.25. The highest BCUT2D eigenvalue weighted by atomic mass is 28.3. The lowest BCUT2D eigenvalue weighted by molar-refractivity contribution is 0.140. The SMILES string of the molecule is CC1(C)C2=CC3C(c4ccccc4)CC([Si](C)(C)N(C4CCCCC4)C(C)(C)C)C3C=C2c2ccc(-c3cccc4ccccc34)cc21. The summed E-state index contributed by atoms with van der Waals surface area (Å²) in [7, 11) is -1.90. The molecule has 8 rings (SSSR count). The van der Waals surface area contributed by atoms with E-state index in [1.54, 1.807) is 11.1 Å². The van der Waals surface area contributed by atoms with Crippen LogP contribution in [0.15, 0.2) is 109 Å². The molecular formula is C46H55NSi. The average molecular weight is 650 g/mol. The Morgan fingerprint density at radius 2 is 1.44 bits per heavy atom. The van der Waals surface area contributed by atoms with Crippen molar-refractivity contribution in [1.82, 2.24) is 4.57 Å². The van der Waals surface area contributed by atoms with Crippen molar-refractivity contribution >= 4 is 24.6 Å². The van der Waals surface area contributed by atoms with Gasteiger partial charge in [0.1, 0.15) is 8.24 Å². The molecule has 0 spiro atoms. The Hall–Kier alpha value is -3.20. The summed E-state index contributed by atoms with van der Waals surface area (Å²) in [5, 5.41) is 2.65. The van der Waals surface area contributed by atoms with Gasteiger partial charge >= 0.3 is 0 Å². The molecule has 0 aromatic heterocycles. The van der Waals surface area contributed by atoms with E-state index >= 15 is 0 Å². The van der Waals surface area contributed by atoms with Crippen LogP contribution >= 0.6 is 0 Å². The second-order valence-corrected chi connectivity index (χ2v) is 22.1. The van der Waals surface area contributed by atoms with Gasteiger partial charge in [-0.15, -0.1) is 0 Å². The Labute approximate surface area is 291 Å². The Bertz CT molecular complexity index is 1890. The van der Waals surface area contributed by atoms with Gasteiger partial charge in [0.05, 0.1) is 0 Å². The van der Waals surface area contributed by atoms with Crippen LogP contribution in [0.1, 0.15) is 95.8 Å². The third-order valence-corrected chi connectivity index (χ3v) is 17.8. The lowest BCUT2D eigenvalue weighted by Gasteiger charge is -2.55. The maximum absolute atomic E-state index is 3.13. The quantitative estimate of drug-likeness (QED) is 0.194. The van der Waals surface area contributed by atoms with Crippen molar-refractivity contribution in [3.63, 3.8) is 0 Å². The van der Waals surface area contributed by atoms with E-state index in [1.807, 2.05) is 0 Å². The molecule has 0 bridgehead atoms. The minimum Gasteiger partial charge on any atom is -0.316 e. The monoisotopic (exact) mass is 649 g/mol. The summed E-state index contributed by atoms with van der Waals surface area (Å²) in [5.74, 6) is 1.68. The molecule has 0 N–H and O–H groups in total. The molecule has 4 unspecified atom stereocenters. The molecule has 0 amide bonds. The normalized spacial score (nSPS) is 25.4. The van der Waals surface area contributed by atoms with Gasteiger partial charge < -0.3 is 4.57 Å². The molecule has 4 atom stereocenters. The zero-order chi connectivity index (χ0) is 33.4. The Morgan fingerprint density at radius 1 is 0.729 bits per heavy atom. The third kappa shape index (κ3) is 5.12. The Kier molecular flexibility index (Phi) is 7.81. The molecule has 4 aliphatic rings. The fraction of sp³-hybridized carbons (Fsp3) is 0.435. The number of hydrogen-bond acceptors (Lipinski definition) is 1. The Morgan fingerprint density at radius 3 is 2.19 bits per heavy atom. The lowest BCUT2D eigenvalue weighted by atomic mass is 9.73. The van der Waals surface area contributed by atoms with Crippen molar-refractivity contribution < 1.29 is 0 Å². The standard InChI is InChI=1S/C46H55NSi/c1-45(2,3)47(34-21-12-9-13-22-34)48(6,7)44-30-38(32-17-10-8-11-18-32)39-29-43-40(28-41(39)44)37-26-25-33(27-42(37)46(43,4)5)36-24-16-20-31-19-14-15-23-35(31)36/h8,10-11,14-20,23-29,34,38-39,41,44H,9,12-13,21-22,30H2,1-7H3. The van der Waals surface area contributed by atoms with Gasteiger partial charge in [0.25, 0.3) is 0 Å². The van der Waals surface area contributed by atoms with Crippen LogP contribution < -0.4 is 0 Å². The van der Waals surface area contributed by atoms with Crippen LogP contribution in [0, 0.1) is 11.8 Å². The second-order valence-electron chi connectivity index (χ2n) is 17.6. The van der Waals surface area contributed by atoms with Crippen molar-refractivity contribution in [1.29, 1.82) is 0 Å². The van der Waals surface area contributed by atoms with Crippen molar-refractivity contribution in [2.45, 2.75) is 115 Å². The molecule has 4 aliphatic carbocycles. The van der Waals surface area contributed by atoms with Gasteiger partial charge in [0.15, 0.2) is 0 Å². The molecular weight excluding hydrogens is 595 g/mol. The fourth-order valence-electron chi connectivity index (χ4n) is 11.2. The molecule has 2 heteroatoms. The smallest absolute Gasteiger partial charge is 0.126 e. The van der Waals surface area contributed by atoms with Crippen LogP contribution in [0.25, 0.3) is 27.5 Å². The van der Waals surface area contributed by atoms with Crippen molar-refractivity contribution in [2.75, 3.05) is 0 Å². The number of nitrogens with zero attached hydrogens (tertiary/aromatic N) is 1. The summed E-state index contributed by atoms with van der Waals surface area (Å²) < 4.78 is 3.13. The van der Waals surface area contributed by atoms with Crippen molar-refractivity contribution in [2.24, 2.45) is 11.8 Å². The molecule has 0 heterocycles. The first kappa shape index (κ1) is 32.0. The first-order valence-corrected chi connectivity index (χ1v) is 21.9. The topological polar surface area (TPSA) is 3.24 Å². The van der Waals surface area contributed by atoms with Gasteiger partial charge in [-0.25, -0.2) is 0 Å².